The van der Waals surface area contributed by atoms with Gasteiger partial charge in [-0.05, 0) is 37.0 Å². The van der Waals surface area contributed by atoms with Crippen LogP contribution in [0.3, 0.4) is 0 Å². The third kappa shape index (κ3) is 1.61. The smallest absolute Gasteiger partial charge is 0.404 e. The Bertz CT molecular complexity index is 326. The van der Waals surface area contributed by atoms with Gasteiger partial charge in [0.05, 0.1) is 11.7 Å². The van der Waals surface area contributed by atoms with E-state index in [9.17, 15) is 0 Å². The molecule has 0 aromatic rings. The Kier molecular flexibility index (Phi) is 3.10. The number of halogens is 1. The number of hydrogen-bond acceptors (Lipinski definition) is 3. The van der Waals surface area contributed by atoms with Crippen molar-refractivity contribution < 1.29 is 9.31 Å². The van der Waals surface area contributed by atoms with E-state index in [2.05, 4.69) is 20.8 Å². The van der Waals surface area contributed by atoms with Gasteiger partial charge in [0.1, 0.15) is 0 Å². The Hall–Kier alpha value is 0.235. The molecule has 5 heteroatoms. The number of hydrogen-bond donors (Lipinski definition) is 1. The van der Waals surface area contributed by atoms with Crippen LogP contribution in [-0.4, -0.2) is 24.8 Å². The third-order valence-corrected chi connectivity index (χ3v) is 5.40. The van der Waals surface area contributed by atoms with Gasteiger partial charge in [-0.2, -0.15) is 0 Å². The second-order valence-electron chi connectivity index (χ2n) is 6.70. The van der Waals surface area contributed by atoms with Crippen molar-refractivity contribution in [3.8, 4) is 0 Å². The Morgan fingerprint density at radius 2 is 1.94 bits per heavy atom. The average Bonchev–Trinajstić information content (AvgIpc) is 2.54. The molecule has 17 heavy (non-hydrogen) atoms. The van der Waals surface area contributed by atoms with Crippen LogP contribution >= 0.6 is 12.4 Å². The maximum atomic E-state index is 6.15. The van der Waals surface area contributed by atoms with E-state index in [1.165, 1.54) is 6.42 Å². The van der Waals surface area contributed by atoms with E-state index < -0.39 is 0 Å². The Balaban J connectivity index is 0.00000108. The second-order valence-corrected chi connectivity index (χ2v) is 6.70. The molecule has 4 aliphatic rings. The van der Waals surface area contributed by atoms with Crippen LogP contribution in [0.1, 0.15) is 40.5 Å². The second kappa shape index (κ2) is 3.86. The zero-order valence-electron chi connectivity index (χ0n) is 11.1. The Morgan fingerprint density at radius 3 is 2.47 bits per heavy atom. The van der Waals surface area contributed by atoms with Crippen LogP contribution in [-0.2, 0) is 9.31 Å². The van der Waals surface area contributed by atoms with Crippen molar-refractivity contribution in [1.29, 1.82) is 0 Å². The summed E-state index contributed by atoms with van der Waals surface area (Å²) in [6.07, 6.45) is 2.71. The van der Waals surface area contributed by atoms with Crippen LogP contribution in [0.5, 0.6) is 0 Å². The molecule has 98 valence electrons. The predicted molar refractivity (Wildman–Crippen MR) is 71.0 cm³/mol. The molecule has 0 unspecified atom stereocenters. The molecule has 0 amide bonds. The van der Waals surface area contributed by atoms with Crippen molar-refractivity contribution >= 4 is 19.5 Å². The summed E-state index contributed by atoms with van der Waals surface area (Å²) in [5.74, 6) is 1.40. The summed E-state index contributed by atoms with van der Waals surface area (Å²) >= 11 is 0. The summed E-state index contributed by atoms with van der Waals surface area (Å²) in [4.78, 5) is 0. The molecule has 0 spiro atoms. The molecule has 1 heterocycles. The van der Waals surface area contributed by atoms with Crippen molar-refractivity contribution in [2.45, 2.75) is 58.2 Å². The minimum Gasteiger partial charge on any atom is -0.404 e. The first-order chi connectivity index (χ1) is 7.35. The highest BCUT2D eigenvalue weighted by atomic mass is 35.5. The van der Waals surface area contributed by atoms with E-state index in [-0.39, 0.29) is 37.2 Å². The summed E-state index contributed by atoms with van der Waals surface area (Å²) in [6, 6.07) is 0. The molecule has 1 saturated heterocycles. The fourth-order valence-electron chi connectivity index (χ4n) is 4.13. The van der Waals surface area contributed by atoms with Gasteiger partial charge in [0.25, 0.3) is 0 Å². The maximum absolute atomic E-state index is 6.15. The van der Waals surface area contributed by atoms with Gasteiger partial charge in [-0.25, -0.2) is 0 Å². The molecular formula is C12H23BClNO2. The first kappa shape index (κ1) is 13.7. The SMILES string of the molecule is C[C@@H](N)B1O[C@@H]2C[C@@H]3C[C@@H](C3(C)C)[C@]2(C)O1.Cl. The molecule has 4 fully saturated rings. The maximum Gasteiger partial charge on any atom is 0.475 e. The lowest BCUT2D eigenvalue weighted by atomic mass is 9.43. The van der Waals surface area contributed by atoms with Gasteiger partial charge >= 0.3 is 7.12 Å². The lowest BCUT2D eigenvalue weighted by molar-refractivity contribution is -0.199. The normalized spacial score (nSPS) is 47.8. The summed E-state index contributed by atoms with van der Waals surface area (Å²) < 4.78 is 12.1. The third-order valence-electron chi connectivity index (χ3n) is 5.40. The zero-order valence-corrected chi connectivity index (χ0v) is 11.9. The van der Waals surface area contributed by atoms with Crippen molar-refractivity contribution in [3.63, 3.8) is 0 Å². The quantitative estimate of drug-likeness (QED) is 0.733. The molecular weight excluding hydrogens is 236 g/mol. The molecule has 1 aliphatic heterocycles. The van der Waals surface area contributed by atoms with E-state index in [0.717, 1.165) is 12.3 Å². The minimum atomic E-state index is -0.204. The van der Waals surface area contributed by atoms with Gasteiger partial charge in [0, 0.05) is 5.94 Å². The van der Waals surface area contributed by atoms with Gasteiger partial charge < -0.3 is 15.0 Å². The molecule has 0 radical (unpaired) electrons. The Labute approximate surface area is 110 Å². The van der Waals surface area contributed by atoms with Crippen molar-refractivity contribution in [3.05, 3.63) is 0 Å². The van der Waals surface area contributed by atoms with Gasteiger partial charge in [-0.3, -0.25) is 0 Å². The highest BCUT2D eigenvalue weighted by Gasteiger charge is 2.68. The topological polar surface area (TPSA) is 44.5 Å². The summed E-state index contributed by atoms with van der Waals surface area (Å²) in [5.41, 5.74) is 6.20. The summed E-state index contributed by atoms with van der Waals surface area (Å²) in [6.45, 7) is 8.93. The predicted octanol–water partition coefficient (Wildman–Crippen LogP) is 2.02. The van der Waals surface area contributed by atoms with Crippen LogP contribution < -0.4 is 5.73 Å². The van der Waals surface area contributed by atoms with E-state index in [4.69, 9.17) is 15.0 Å². The number of nitrogens with two attached hydrogens (primary N) is 1. The largest absolute Gasteiger partial charge is 0.475 e. The fourth-order valence-corrected chi connectivity index (χ4v) is 4.13. The van der Waals surface area contributed by atoms with E-state index in [0.29, 0.717) is 11.3 Å². The minimum absolute atomic E-state index is 0. The fraction of sp³-hybridized carbons (Fsp3) is 1.00. The molecule has 2 bridgehead atoms. The van der Waals surface area contributed by atoms with Gasteiger partial charge in [-0.1, -0.05) is 20.8 Å². The number of rotatable bonds is 1. The lowest BCUT2D eigenvalue weighted by Gasteiger charge is -2.64. The monoisotopic (exact) mass is 259 g/mol. The van der Waals surface area contributed by atoms with Crippen LogP contribution in [0.4, 0.5) is 0 Å². The molecule has 4 rings (SSSR count). The van der Waals surface area contributed by atoms with Gasteiger partial charge in [-0.15, -0.1) is 12.4 Å². The molecule has 0 aromatic carbocycles. The molecule has 3 nitrogen and oxygen atoms in total. The van der Waals surface area contributed by atoms with Crippen molar-refractivity contribution in [2.24, 2.45) is 23.0 Å². The van der Waals surface area contributed by atoms with E-state index in [1.807, 2.05) is 6.92 Å². The lowest BCUT2D eigenvalue weighted by Crippen LogP contribution is -2.65. The molecule has 0 aromatic heterocycles. The van der Waals surface area contributed by atoms with E-state index >= 15 is 0 Å². The molecule has 3 aliphatic carbocycles. The Morgan fingerprint density at radius 1 is 1.29 bits per heavy atom. The van der Waals surface area contributed by atoms with Gasteiger partial charge in [0.15, 0.2) is 0 Å². The average molecular weight is 260 g/mol. The van der Waals surface area contributed by atoms with Crippen molar-refractivity contribution in [1.82, 2.24) is 0 Å². The molecule has 3 saturated carbocycles. The zero-order chi connectivity index (χ0) is 11.7. The highest BCUT2D eigenvalue weighted by Crippen LogP contribution is 2.65. The standard InChI is InChI=1S/C12H22BNO2.ClH/c1-7(14)13-15-10-6-8-5-9(11(8,2)3)12(10,4)16-13;/h7-10H,5-6,14H2,1-4H3;1H/t7-,8+,9+,10-,12+;/m1./s1. The highest BCUT2D eigenvalue weighted by molar-refractivity contribution is 6.47. The molecule has 2 N–H and O–H groups in total. The summed E-state index contributed by atoms with van der Waals surface area (Å²) in [7, 11) is -0.204. The van der Waals surface area contributed by atoms with Gasteiger partial charge in [0.2, 0.25) is 0 Å². The van der Waals surface area contributed by atoms with E-state index in [1.54, 1.807) is 0 Å². The summed E-state index contributed by atoms with van der Waals surface area (Å²) in [5, 5.41) is 0. The van der Waals surface area contributed by atoms with Crippen LogP contribution in [0, 0.1) is 17.3 Å². The van der Waals surface area contributed by atoms with Crippen LogP contribution in [0.15, 0.2) is 0 Å². The van der Waals surface area contributed by atoms with Crippen molar-refractivity contribution in [2.75, 3.05) is 0 Å². The van der Waals surface area contributed by atoms with Crippen LogP contribution in [0.25, 0.3) is 0 Å². The van der Waals surface area contributed by atoms with Crippen LogP contribution in [0.2, 0.25) is 0 Å². The first-order valence-electron chi connectivity index (χ1n) is 6.44. The first-order valence-corrected chi connectivity index (χ1v) is 6.44. The molecule has 5 atom stereocenters.